The Morgan fingerprint density at radius 1 is 1.83 bits per heavy atom. The number of rotatable bonds is 2. The van der Waals surface area contributed by atoms with Crippen molar-refractivity contribution in [3.05, 3.63) is 18.2 Å². The molecule has 6 heavy (non-hydrogen) atoms. The lowest BCUT2D eigenvalue weighted by atomic mass is 10.7. The Kier molecular flexibility index (Phi) is 3.47. The Balaban J connectivity index is 2.83. The van der Waals surface area contributed by atoms with Crippen molar-refractivity contribution in [2.45, 2.75) is 0 Å². The van der Waals surface area contributed by atoms with Gasteiger partial charge in [0.05, 0.1) is 13.7 Å². The molecule has 0 heterocycles. The van der Waals surface area contributed by atoms with E-state index < -0.39 is 0 Å². The van der Waals surface area contributed by atoms with Crippen LogP contribution in [0.3, 0.4) is 0 Å². The van der Waals surface area contributed by atoms with Gasteiger partial charge in [-0.1, -0.05) is 22.5 Å². The topological polar surface area (TPSA) is 9.23 Å². The van der Waals surface area contributed by atoms with E-state index >= 15 is 0 Å². The van der Waals surface area contributed by atoms with Gasteiger partial charge < -0.3 is 4.74 Å². The molecule has 2 heteroatoms. The first-order valence-electron chi connectivity index (χ1n) is 1.47. The third-order valence-electron chi connectivity index (χ3n) is 0.259. The van der Waals surface area contributed by atoms with Crippen molar-refractivity contribution in [1.82, 2.24) is 0 Å². The molecule has 0 fully saturated rings. The standard InChI is InChI=1S/C4H6BrO/c1-4(5)3-6-2/h1-3H2. The summed E-state index contributed by atoms with van der Waals surface area (Å²) in [6, 6.07) is 0. The Bertz CT molecular complexity index is 51.5. The smallest absolute Gasteiger partial charge is 0.0777 e. The largest absolute Gasteiger partial charge is 0.374 e. The van der Waals surface area contributed by atoms with Crippen molar-refractivity contribution >= 4 is 15.9 Å². The highest BCUT2D eigenvalue weighted by Gasteiger charge is 1.78. The monoisotopic (exact) mass is 149 g/mol. The second-order valence-corrected chi connectivity index (χ2v) is 1.99. The Labute approximate surface area is 46.1 Å². The fourth-order valence-electron chi connectivity index (χ4n) is 0.111. The number of ether oxygens (including phenoxy) is 1. The molecule has 0 aliphatic heterocycles. The Morgan fingerprint density at radius 3 is 2.33 bits per heavy atom. The van der Waals surface area contributed by atoms with Gasteiger partial charge in [-0.3, -0.25) is 0 Å². The average molecular weight is 150 g/mol. The van der Waals surface area contributed by atoms with Crippen LogP contribution in [0.5, 0.6) is 0 Å². The third kappa shape index (κ3) is 4.18. The zero-order chi connectivity index (χ0) is 4.99. The third-order valence-corrected chi connectivity index (χ3v) is 0.488. The maximum Gasteiger partial charge on any atom is 0.0777 e. The predicted molar refractivity (Wildman–Crippen MR) is 29.4 cm³/mol. The second-order valence-electron chi connectivity index (χ2n) is 0.866. The van der Waals surface area contributed by atoms with Crippen LogP contribution in [0, 0.1) is 7.11 Å². The molecule has 0 aliphatic rings. The minimum atomic E-state index is 0.486. The molecule has 0 saturated carbocycles. The zero-order valence-electron chi connectivity index (χ0n) is 3.41. The first-order valence-corrected chi connectivity index (χ1v) is 2.27. The van der Waals surface area contributed by atoms with E-state index in [1.165, 1.54) is 0 Å². The normalized spacial score (nSPS) is 8.33. The summed E-state index contributed by atoms with van der Waals surface area (Å²) in [4.78, 5) is 0. The van der Waals surface area contributed by atoms with Crippen LogP contribution in [0.25, 0.3) is 0 Å². The summed E-state index contributed by atoms with van der Waals surface area (Å²) in [6.45, 7) is 3.98. The van der Waals surface area contributed by atoms with Gasteiger partial charge in [-0.05, 0) is 0 Å². The van der Waals surface area contributed by atoms with Crippen LogP contribution in [0.1, 0.15) is 0 Å². The van der Waals surface area contributed by atoms with E-state index in [9.17, 15) is 0 Å². The molecule has 0 saturated heterocycles. The van der Waals surface area contributed by atoms with Gasteiger partial charge in [-0.15, -0.1) is 0 Å². The van der Waals surface area contributed by atoms with Gasteiger partial charge in [-0.2, -0.15) is 0 Å². The van der Waals surface area contributed by atoms with E-state index in [0.717, 1.165) is 4.48 Å². The van der Waals surface area contributed by atoms with E-state index in [1.807, 2.05) is 0 Å². The number of halogens is 1. The van der Waals surface area contributed by atoms with Crippen LogP contribution in [0.2, 0.25) is 0 Å². The number of hydrogen-bond acceptors (Lipinski definition) is 1. The average Bonchev–Trinajstić information content (AvgIpc) is 1.35. The van der Waals surface area contributed by atoms with Crippen molar-refractivity contribution in [3.63, 3.8) is 0 Å². The summed E-state index contributed by atoms with van der Waals surface area (Å²) >= 11 is 3.08. The zero-order valence-corrected chi connectivity index (χ0v) is 4.99. The van der Waals surface area contributed by atoms with E-state index in [1.54, 1.807) is 0 Å². The van der Waals surface area contributed by atoms with E-state index in [-0.39, 0.29) is 0 Å². The van der Waals surface area contributed by atoms with Gasteiger partial charge in [0.2, 0.25) is 0 Å². The van der Waals surface area contributed by atoms with Crippen LogP contribution >= 0.6 is 15.9 Å². The molecule has 0 unspecified atom stereocenters. The molecule has 1 nitrogen and oxygen atoms in total. The molecule has 0 aliphatic carbocycles. The summed E-state index contributed by atoms with van der Waals surface area (Å²) < 4.78 is 5.22. The molecule has 0 spiro atoms. The summed E-state index contributed by atoms with van der Waals surface area (Å²) in [5.41, 5.74) is 0. The number of hydrogen-bond donors (Lipinski definition) is 0. The van der Waals surface area contributed by atoms with Gasteiger partial charge in [0, 0.05) is 4.48 Å². The lowest BCUT2D eigenvalue weighted by Gasteiger charge is -1.88. The van der Waals surface area contributed by atoms with Gasteiger partial charge in [0.15, 0.2) is 0 Å². The van der Waals surface area contributed by atoms with Crippen molar-refractivity contribution < 1.29 is 4.74 Å². The van der Waals surface area contributed by atoms with Crippen LogP contribution in [0.15, 0.2) is 11.1 Å². The minimum Gasteiger partial charge on any atom is -0.374 e. The van der Waals surface area contributed by atoms with Crippen LogP contribution in [-0.2, 0) is 4.74 Å². The molecule has 35 valence electrons. The lowest BCUT2D eigenvalue weighted by Crippen LogP contribution is -1.80. The minimum absolute atomic E-state index is 0.486. The van der Waals surface area contributed by atoms with Crippen LogP contribution < -0.4 is 0 Å². The van der Waals surface area contributed by atoms with E-state index in [2.05, 4.69) is 34.4 Å². The van der Waals surface area contributed by atoms with Gasteiger partial charge in [-0.25, -0.2) is 0 Å². The highest BCUT2D eigenvalue weighted by molar-refractivity contribution is 9.11. The van der Waals surface area contributed by atoms with E-state index in [4.69, 9.17) is 0 Å². The summed E-state index contributed by atoms with van der Waals surface area (Å²) in [7, 11) is 3.14. The SMILES string of the molecule is [CH2]OCC(=C)Br. The first-order chi connectivity index (χ1) is 2.77. The molecule has 0 atom stereocenters. The first kappa shape index (κ1) is 6.18. The van der Waals surface area contributed by atoms with Crippen LogP contribution in [-0.4, -0.2) is 6.61 Å². The van der Waals surface area contributed by atoms with Crippen LogP contribution in [0.4, 0.5) is 0 Å². The van der Waals surface area contributed by atoms with Crippen molar-refractivity contribution in [2.75, 3.05) is 6.61 Å². The van der Waals surface area contributed by atoms with E-state index in [0.29, 0.717) is 6.61 Å². The Hall–Kier alpha value is 0.180. The van der Waals surface area contributed by atoms with Gasteiger partial charge in [0.25, 0.3) is 0 Å². The second kappa shape index (κ2) is 3.37. The van der Waals surface area contributed by atoms with Gasteiger partial charge >= 0.3 is 0 Å². The Morgan fingerprint density at radius 2 is 2.33 bits per heavy atom. The van der Waals surface area contributed by atoms with Crippen molar-refractivity contribution in [1.29, 1.82) is 0 Å². The summed E-state index contributed by atoms with van der Waals surface area (Å²) in [5, 5.41) is 0. The summed E-state index contributed by atoms with van der Waals surface area (Å²) in [6.07, 6.45) is 0. The van der Waals surface area contributed by atoms with Crippen molar-refractivity contribution in [3.8, 4) is 0 Å². The molecule has 1 radical (unpaired) electrons. The molecular weight excluding hydrogens is 144 g/mol. The van der Waals surface area contributed by atoms with Crippen molar-refractivity contribution in [2.24, 2.45) is 0 Å². The summed E-state index contributed by atoms with van der Waals surface area (Å²) in [5.74, 6) is 0. The predicted octanol–water partition coefficient (Wildman–Crippen LogP) is 1.70. The molecule has 0 bridgehead atoms. The fourth-order valence-corrected chi connectivity index (χ4v) is 0.273. The molecule has 0 aromatic carbocycles. The molecule has 0 aromatic rings. The maximum absolute atomic E-state index is 4.41. The molecule has 0 amide bonds. The highest BCUT2D eigenvalue weighted by atomic mass is 79.9. The lowest BCUT2D eigenvalue weighted by molar-refractivity contribution is 0.280. The quantitative estimate of drug-likeness (QED) is 0.582. The van der Waals surface area contributed by atoms with Gasteiger partial charge in [0.1, 0.15) is 0 Å². The fraction of sp³-hybridized carbons (Fsp3) is 0.250. The highest BCUT2D eigenvalue weighted by Crippen LogP contribution is 1.98. The maximum atomic E-state index is 4.41. The molecule has 0 rings (SSSR count). The molecule has 0 N–H and O–H groups in total. The molecule has 0 aromatic heterocycles. The molecular formula is C4H6BrO.